The quantitative estimate of drug-likeness (QED) is 0.532. The second-order valence-corrected chi connectivity index (χ2v) is 5.29. The maximum atomic E-state index is 10.7. The molecular formula is C16H18N6O2. The molecule has 1 aromatic carbocycles. The van der Waals surface area contributed by atoms with Gasteiger partial charge in [-0.1, -0.05) is 19.1 Å². The summed E-state index contributed by atoms with van der Waals surface area (Å²) in [4.78, 5) is 22.7. The molecule has 8 heteroatoms. The number of imidazole rings is 1. The maximum Gasteiger partial charge on any atom is 0.305 e. The number of fused-ring (bicyclic) bond motifs is 1. The van der Waals surface area contributed by atoms with Gasteiger partial charge in [0, 0.05) is 13.1 Å². The lowest BCUT2D eigenvalue weighted by Gasteiger charge is -2.02. The van der Waals surface area contributed by atoms with Crippen molar-refractivity contribution in [1.82, 2.24) is 19.1 Å². The number of nitrogens with zero attached hydrogens (tertiary/aromatic N) is 6. The Balaban J connectivity index is 2.23. The van der Waals surface area contributed by atoms with Gasteiger partial charge in [0.25, 0.3) is 5.95 Å². The Labute approximate surface area is 138 Å². The van der Waals surface area contributed by atoms with Gasteiger partial charge in [0.2, 0.25) is 5.62 Å². The van der Waals surface area contributed by atoms with Gasteiger partial charge in [-0.25, -0.2) is 9.97 Å². The highest BCUT2D eigenvalue weighted by Gasteiger charge is 2.11. The highest BCUT2D eigenvalue weighted by atomic mass is 16.6. The smallest absolute Gasteiger partial charge is 0.305 e. The van der Waals surface area contributed by atoms with E-state index in [-0.39, 0.29) is 11.6 Å². The van der Waals surface area contributed by atoms with E-state index in [4.69, 9.17) is 0 Å². The van der Waals surface area contributed by atoms with Crippen LogP contribution >= 0.6 is 0 Å². The van der Waals surface area contributed by atoms with Crippen LogP contribution < -0.4 is 5.62 Å². The number of rotatable bonds is 5. The van der Waals surface area contributed by atoms with Crippen molar-refractivity contribution < 1.29 is 4.92 Å². The fourth-order valence-corrected chi connectivity index (χ4v) is 2.71. The van der Waals surface area contributed by atoms with E-state index in [9.17, 15) is 10.1 Å². The first-order valence-corrected chi connectivity index (χ1v) is 7.85. The standard InChI is InChI=1S/C16H18N6O2/c1-3-9-21-14-8-6-5-7-13(14)20(4-2)16(21)19-15-17-10-12(11-18-15)22(23)24/h5-8,10-11H,3-4,9H2,1-2H3/b19-16+. The fourth-order valence-electron chi connectivity index (χ4n) is 2.71. The molecule has 0 bridgehead atoms. The van der Waals surface area contributed by atoms with E-state index in [1.165, 1.54) is 12.4 Å². The predicted molar refractivity (Wildman–Crippen MR) is 89.8 cm³/mol. The Morgan fingerprint density at radius 3 is 2.29 bits per heavy atom. The highest BCUT2D eigenvalue weighted by Crippen LogP contribution is 2.15. The molecule has 0 amide bonds. The Kier molecular flexibility index (Phi) is 4.37. The molecule has 0 aliphatic rings. The molecule has 0 aliphatic heterocycles. The normalized spacial score (nSPS) is 12.0. The van der Waals surface area contributed by atoms with Crippen LogP contribution in [0.25, 0.3) is 11.0 Å². The molecule has 24 heavy (non-hydrogen) atoms. The molecule has 3 aromatic rings. The monoisotopic (exact) mass is 326 g/mol. The van der Waals surface area contributed by atoms with Crippen molar-refractivity contribution in [3.8, 4) is 0 Å². The van der Waals surface area contributed by atoms with Crippen molar-refractivity contribution in [2.75, 3.05) is 0 Å². The van der Waals surface area contributed by atoms with Gasteiger partial charge in [0.1, 0.15) is 12.4 Å². The van der Waals surface area contributed by atoms with Crippen LogP contribution in [0.2, 0.25) is 0 Å². The third-order valence-electron chi connectivity index (χ3n) is 3.75. The van der Waals surface area contributed by atoms with E-state index in [1.54, 1.807) is 0 Å². The first kappa shape index (κ1) is 15.9. The number of benzene rings is 1. The number of hydrogen-bond donors (Lipinski definition) is 0. The van der Waals surface area contributed by atoms with Crippen LogP contribution in [-0.4, -0.2) is 24.0 Å². The topological polar surface area (TPSA) is 91.1 Å². The summed E-state index contributed by atoms with van der Waals surface area (Å²) in [6, 6.07) is 8.12. The SMILES string of the molecule is CCCn1/c(=N/c2ncc([N+](=O)[O-])cn2)n(CC)c2ccccc21. The van der Waals surface area contributed by atoms with Gasteiger partial charge in [-0.2, -0.15) is 4.99 Å². The Hall–Kier alpha value is -3.03. The van der Waals surface area contributed by atoms with Crippen molar-refractivity contribution in [2.45, 2.75) is 33.4 Å². The Morgan fingerprint density at radius 2 is 1.75 bits per heavy atom. The summed E-state index contributed by atoms with van der Waals surface area (Å²) >= 11 is 0. The van der Waals surface area contributed by atoms with Crippen LogP contribution in [0.1, 0.15) is 20.3 Å². The van der Waals surface area contributed by atoms with E-state index < -0.39 is 4.92 Å². The summed E-state index contributed by atoms with van der Waals surface area (Å²) in [5, 5.41) is 10.7. The zero-order chi connectivity index (χ0) is 17.1. The summed E-state index contributed by atoms with van der Waals surface area (Å²) in [5.74, 6) is 0.211. The van der Waals surface area contributed by atoms with E-state index >= 15 is 0 Å². The molecule has 0 unspecified atom stereocenters. The number of para-hydroxylation sites is 2. The fraction of sp³-hybridized carbons (Fsp3) is 0.312. The summed E-state index contributed by atoms with van der Waals surface area (Å²) in [6.45, 7) is 5.73. The zero-order valence-corrected chi connectivity index (χ0v) is 13.6. The van der Waals surface area contributed by atoms with Crippen molar-refractivity contribution in [2.24, 2.45) is 4.99 Å². The molecule has 124 valence electrons. The highest BCUT2D eigenvalue weighted by molar-refractivity contribution is 5.75. The largest absolute Gasteiger partial charge is 0.310 e. The molecule has 0 radical (unpaired) electrons. The van der Waals surface area contributed by atoms with Gasteiger partial charge in [-0.05, 0) is 25.5 Å². The van der Waals surface area contributed by atoms with E-state index in [0.717, 1.165) is 36.2 Å². The molecule has 2 aromatic heterocycles. The lowest BCUT2D eigenvalue weighted by atomic mass is 10.3. The summed E-state index contributed by atoms with van der Waals surface area (Å²) in [6.07, 6.45) is 3.32. The zero-order valence-electron chi connectivity index (χ0n) is 13.6. The minimum atomic E-state index is -0.524. The van der Waals surface area contributed by atoms with Crippen LogP contribution in [0.3, 0.4) is 0 Å². The van der Waals surface area contributed by atoms with Gasteiger partial charge >= 0.3 is 5.69 Å². The number of hydrogen-bond acceptors (Lipinski definition) is 5. The second-order valence-electron chi connectivity index (χ2n) is 5.29. The second kappa shape index (κ2) is 6.61. The third kappa shape index (κ3) is 2.78. The molecule has 8 nitrogen and oxygen atoms in total. The van der Waals surface area contributed by atoms with Crippen molar-refractivity contribution in [3.05, 3.63) is 52.4 Å². The van der Waals surface area contributed by atoms with Gasteiger partial charge in [-0.3, -0.25) is 10.1 Å². The van der Waals surface area contributed by atoms with Crippen LogP contribution in [0, 0.1) is 10.1 Å². The number of aryl methyl sites for hydroxylation is 2. The van der Waals surface area contributed by atoms with Crippen LogP contribution in [0.15, 0.2) is 41.7 Å². The summed E-state index contributed by atoms with van der Waals surface area (Å²) in [7, 11) is 0. The predicted octanol–water partition coefficient (Wildman–Crippen LogP) is 2.80. The van der Waals surface area contributed by atoms with Gasteiger partial charge in [-0.15, -0.1) is 0 Å². The molecule has 0 fully saturated rings. The van der Waals surface area contributed by atoms with E-state index in [1.807, 2.05) is 12.1 Å². The number of nitro groups is 1. The summed E-state index contributed by atoms with van der Waals surface area (Å²) < 4.78 is 4.22. The van der Waals surface area contributed by atoms with Crippen molar-refractivity contribution in [1.29, 1.82) is 0 Å². The molecule has 2 heterocycles. The van der Waals surface area contributed by atoms with Gasteiger partial charge in [0.15, 0.2) is 0 Å². The third-order valence-corrected chi connectivity index (χ3v) is 3.75. The first-order chi connectivity index (χ1) is 11.7. The molecular weight excluding hydrogens is 308 g/mol. The van der Waals surface area contributed by atoms with E-state index in [0.29, 0.717) is 0 Å². The molecule has 0 saturated carbocycles. The number of aromatic nitrogens is 4. The molecule has 3 rings (SSSR count). The lowest BCUT2D eigenvalue weighted by molar-refractivity contribution is -0.385. The molecule has 0 spiro atoms. The van der Waals surface area contributed by atoms with Gasteiger partial charge < -0.3 is 9.13 Å². The molecule has 0 aliphatic carbocycles. The summed E-state index contributed by atoms with van der Waals surface area (Å²) in [5.41, 5.74) is 2.79. The van der Waals surface area contributed by atoms with E-state index in [2.05, 4.69) is 50.1 Å². The van der Waals surface area contributed by atoms with Crippen LogP contribution in [0.4, 0.5) is 11.6 Å². The molecule has 0 N–H and O–H groups in total. The lowest BCUT2D eigenvalue weighted by Crippen LogP contribution is -2.25. The average molecular weight is 326 g/mol. The van der Waals surface area contributed by atoms with Gasteiger partial charge in [0.05, 0.1) is 16.0 Å². The molecule has 0 saturated heterocycles. The van der Waals surface area contributed by atoms with Crippen LogP contribution in [0.5, 0.6) is 0 Å². The first-order valence-electron chi connectivity index (χ1n) is 7.85. The average Bonchev–Trinajstić information content (AvgIpc) is 2.89. The minimum absolute atomic E-state index is 0.147. The Morgan fingerprint density at radius 1 is 1.12 bits per heavy atom. The van der Waals surface area contributed by atoms with Crippen LogP contribution in [-0.2, 0) is 13.1 Å². The maximum absolute atomic E-state index is 10.7. The minimum Gasteiger partial charge on any atom is -0.310 e. The van der Waals surface area contributed by atoms with Crippen molar-refractivity contribution >= 4 is 22.7 Å². The Bertz CT molecular complexity index is 939. The molecule has 0 atom stereocenters. The van der Waals surface area contributed by atoms with Crippen molar-refractivity contribution in [3.63, 3.8) is 0 Å².